The van der Waals surface area contributed by atoms with Gasteiger partial charge in [0.1, 0.15) is 5.82 Å². The number of rotatable bonds is 5. The highest BCUT2D eigenvalue weighted by atomic mass is 32.2. The number of H-pyrrole nitrogens is 1. The minimum atomic E-state index is -3.16. The lowest BCUT2D eigenvalue weighted by atomic mass is 10.3. The maximum absolute atomic E-state index is 11.8. The molecule has 0 unspecified atom stereocenters. The minimum absolute atomic E-state index is 0.133. The maximum atomic E-state index is 11.8. The zero-order valence-corrected chi connectivity index (χ0v) is 10.1. The SMILES string of the molecule is CC(C)CS(=O)(=O)N(C)Cc1ncc[nH]1. The molecular weight excluding hydrogens is 214 g/mol. The third-order valence-corrected chi connectivity index (χ3v) is 4.11. The van der Waals surface area contributed by atoms with Crippen LogP contribution < -0.4 is 0 Å². The second-order valence-electron chi connectivity index (χ2n) is 3.96. The zero-order valence-electron chi connectivity index (χ0n) is 9.27. The summed E-state index contributed by atoms with van der Waals surface area (Å²) in [5.74, 6) is 0.961. The van der Waals surface area contributed by atoms with E-state index in [1.54, 1.807) is 19.4 Å². The Balaban J connectivity index is 2.64. The normalized spacial score (nSPS) is 12.6. The van der Waals surface area contributed by atoms with Crippen LogP contribution in [0, 0.1) is 5.92 Å². The van der Waals surface area contributed by atoms with E-state index >= 15 is 0 Å². The van der Waals surface area contributed by atoms with Crippen molar-refractivity contribution in [1.82, 2.24) is 14.3 Å². The van der Waals surface area contributed by atoms with Gasteiger partial charge in [-0.25, -0.2) is 13.4 Å². The van der Waals surface area contributed by atoms with Gasteiger partial charge >= 0.3 is 0 Å². The summed E-state index contributed by atoms with van der Waals surface area (Å²) < 4.78 is 24.8. The Morgan fingerprint density at radius 3 is 2.67 bits per heavy atom. The summed E-state index contributed by atoms with van der Waals surface area (Å²) in [4.78, 5) is 6.86. The molecule has 0 aromatic carbocycles. The first kappa shape index (κ1) is 12.2. The average molecular weight is 231 g/mol. The molecule has 0 aliphatic rings. The van der Waals surface area contributed by atoms with E-state index in [9.17, 15) is 8.42 Å². The van der Waals surface area contributed by atoms with Crippen molar-refractivity contribution >= 4 is 10.0 Å². The van der Waals surface area contributed by atoms with Crippen LogP contribution in [0.2, 0.25) is 0 Å². The van der Waals surface area contributed by atoms with Gasteiger partial charge in [0.15, 0.2) is 0 Å². The molecule has 0 aliphatic heterocycles. The molecule has 15 heavy (non-hydrogen) atoms. The molecule has 1 N–H and O–H groups in total. The number of hydrogen-bond donors (Lipinski definition) is 1. The zero-order chi connectivity index (χ0) is 11.5. The van der Waals surface area contributed by atoms with Crippen LogP contribution in [0.3, 0.4) is 0 Å². The number of sulfonamides is 1. The number of aromatic nitrogens is 2. The van der Waals surface area contributed by atoms with Crippen molar-refractivity contribution < 1.29 is 8.42 Å². The van der Waals surface area contributed by atoms with Crippen molar-refractivity contribution in [2.45, 2.75) is 20.4 Å². The van der Waals surface area contributed by atoms with Crippen molar-refractivity contribution in [3.8, 4) is 0 Å². The van der Waals surface area contributed by atoms with Gasteiger partial charge in [0.25, 0.3) is 0 Å². The van der Waals surface area contributed by atoms with Crippen molar-refractivity contribution in [3.05, 3.63) is 18.2 Å². The fourth-order valence-electron chi connectivity index (χ4n) is 1.24. The molecule has 0 atom stereocenters. The first-order valence-corrected chi connectivity index (χ1v) is 6.45. The lowest BCUT2D eigenvalue weighted by Crippen LogP contribution is -2.30. The van der Waals surface area contributed by atoms with Gasteiger partial charge in [-0.3, -0.25) is 0 Å². The lowest BCUT2D eigenvalue weighted by molar-refractivity contribution is 0.452. The molecule has 6 heteroatoms. The molecule has 0 amide bonds. The molecule has 0 spiro atoms. The molecule has 0 fully saturated rings. The first-order chi connectivity index (χ1) is 6.92. The fourth-order valence-corrected chi connectivity index (χ4v) is 2.66. The molecule has 0 saturated carbocycles. The van der Waals surface area contributed by atoms with Gasteiger partial charge < -0.3 is 4.98 Å². The highest BCUT2D eigenvalue weighted by Crippen LogP contribution is 2.07. The first-order valence-electron chi connectivity index (χ1n) is 4.84. The monoisotopic (exact) mass is 231 g/mol. The molecule has 1 aromatic rings. The van der Waals surface area contributed by atoms with Crippen molar-refractivity contribution in [2.24, 2.45) is 5.92 Å². The fraction of sp³-hybridized carbons (Fsp3) is 0.667. The van der Waals surface area contributed by atoms with E-state index in [-0.39, 0.29) is 11.7 Å². The van der Waals surface area contributed by atoms with Gasteiger partial charge in [0.05, 0.1) is 12.3 Å². The highest BCUT2D eigenvalue weighted by Gasteiger charge is 2.19. The number of nitrogens with one attached hydrogen (secondary N) is 1. The molecule has 0 aliphatic carbocycles. The van der Waals surface area contributed by atoms with Crippen LogP contribution in [0.1, 0.15) is 19.7 Å². The van der Waals surface area contributed by atoms with E-state index in [1.165, 1.54) is 4.31 Å². The molecule has 0 radical (unpaired) electrons. The number of hydrogen-bond acceptors (Lipinski definition) is 3. The van der Waals surface area contributed by atoms with Crippen LogP contribution in [0.5, 0.6) is 0 Å². The van der Waals surface area contributed by atoms with Crippen LogP contribution in [0.15, 0.2) is 12.4 Å². The number of aromatic amines is 1. The lowest BCUT2D eigenvalue weighted by Gasteiger charge is -2.17. The third-order valence-electron chi connectivity index (χ3n) is 1.95. The maximum Gasteiger partial charge on any atom is 0.214 e. The topological polar surface area (TPSA) is 66.1 Å². The largest absolute Gasteiger partial charge is 0.347 e. The summed E-state index contributed by atoms with van der Waals surface area (Å²) in [5.41, 5.74) is 0. The van der Waals surface area contributed by atoms with Crippen LogP contribution in [0.25, 0.3) is 0 Å². The molecule has 0 bridgehead atoms. The minimum Gasteiger partial charge on any atom is -0.347 e. The van der Waals surface area contributed by atoms with E-state index in [1.807, 2.05) is 13.8 Å². The van der Waals surface area contributed by atoms with Crippen molar-refractivity contribution in [3.63, 3.8) is 0 Å². The highest BCUT2D eigenvalue weighted by molar-refractivity contribution is 7.89. The van der Waals surface area contributed by atoms with Crippen LogP contribution in [-0.4, -0.2) is 35.5 Å². The Kier molecular flexibility index (Phi) is 3.87. The standard InChI is InChI=1S/C9H17N3O2S/c1-8(2)7-15(13,14)12(3)6-9-10-4-5-11-9/h4-5,8H,6-7H2,1-3H3,(H,10,11). The van der Waals surface area contributed by atoms with E-state index in [0.29, 0.717) is 12.4 Å². The van der Waals surface area contributed by atoms with Gasteiger partial charge in [-0.1, -0.05) is 13.8 Å². The Hall–Kier alpha value is -0.880. The number of nitrogens with zero attached hydrogens (tertiary/aromatic N) is 2. The molecule has 1 heterocycles. The summed E-state index contributed by atoms with van der Waals surface area (Å²) in [5, 5.41) is 0. The van der Waals surface area contributed by atoms with Crippen LogP contribution in [0.4, 0.5) is 0 Å². The second-order valence-corrected chi connectivity index (χ2v) is 6.08. The van der Waals surface area contributed by atoms with Crippen LogP contribution >= 0.6 is 0 Å². The molecular formula is C9H17N3O2S. The average Bonchev–Trinajstić information content (AvgIpc) is 2.54. The Labute approximate surface area is 90.6 Å². The van der Waals surface area contributed by atoms with Crippen molar-refractivity contribution in [2.75, 3.05) is 12.8 Å². The van der Waals surface area contributed by atoms with E-state index in [4.69, 9.17) is 0 Å². The predicted octanol–water partition coefficient (Wildman–Crippen LogP) is 0.827. The predicted molar refractivity (Wildman–Crippen MR) is 58.7 cm³/mol. The Morgan fingerprint density at radius 1 is 1.53 bits per heavy atom. The molecule has 1 aromatic heterocycles. The second kappa shape index (κ2) is 4.76. The van der Waals surface area contributed by atoms with E-state index in [0.717, 1.165) is 0 Å². The smallest absolute Gasteiger partial charge is 0.214 e. The molecule has 86 valence electrons. The Bertz CT molecular complexity index is 383. The van der Waals surface area contributed by atoms with Crippen molar-refractivity contribution in [1.29, 1.82) is 0 Å². The third kappa shape index (κ3) is 3.64. The summed E-state index contributed by atoms with van der Waals surface area (Å²) in [6.45, 7) is 4.07. The summed E-state index contributed by atoms with van der Waals surface area (Å²) >= 11 is 0. The van der Waals surface area contributed by atoms with Gasteiger partial charge in [-0.05, 0) is 5.92 Å². The summed E-state index contributed by atoms with van der Waals surface area (Å²) in [7, 11) is -1.59. The summed E-state index contributed by atoms with van der Waals surface area (Å²) in [6.07, 6.45) is 3.29. The van der Waals surface area contributed by atoms with E-state index < -0.39 is 10.0 Å². The Morgan fingerprint density at radius 2 is 2.20 bits per heavy atom. The molecule has 0 saturated heterocycles. The van der Waals surface area contributed by atoms with Gasteiger partial charge in [-0.2, -0.15) is 4.31 Å². The molecule has 1 rings (SSSR count). The van der Waals surface area contributed by atoms with Gasteiger partial charge in [0, 0.05) is 19.4 Å². The van der Waals surface area contributed by atoms with Gasteiger partial charge in [0.2, 0.25) is 10.0 Å². The molecule has 5 nitrogen and oxygen atoms in total. The summed E-state index contributed by atoms with van der Waals surface area (Å²) in [6, 6.07) is 0. The van der Waals surface area contributed by atoms with Crippen LogP contribution in [-0.2, 0) is 16.6 Å². The quantitative estimate of drug-likeness (QED) is 0.816. The number of imidazole rings is 1. The van der Waals surface area contributed by atoms with E-state index in [2.05, 4.69) is 9.97 Å². The van der Waals surface area contributed by atoms with Gasteiger partial charge in [-0.15, -0.1) is 0 Å².